The van der Waals surface area contributed by atoms with Crippen LogP contribution in [0, 0.1) is 0 Å². The Kier molecular flexibility index (Phi) is 8.02. The Morgan fingerprint density at radius 1 is 0.867 bits per heavy atom. The standard InChI is InChI=1S/C22H18Cl2N2O3S/c23-15-9-10-19(24)20(11-15)26-22(28)14-30-18-8-4-5-16(12-18)25-21(27)13-29-17-6-2-1-3-7-17/h1-12H,13-14H2,(H,25,27)(H,26,28). The van der Waals surface area contributed by atoms with Crippen LogP contribution in [0.5, 0.6) is 5.75 Å². The van der Waals surface area contributed by atoms with E-state index in [4.69, 9.17) is 27.9 Å². The first kappa shape index (κ1) is 22.0. The third-order valence-corrected chi connectivity index (χ3v) is 5.36. The van der Waals surface area contributed by atoms with Gasteiger partial charge in [0.1, 0.15) is 5.75 Å². The van der Waals surface area contributed by atoms with Crippen LogP contribution in [-0.4, -0.2) is 24.2 Å². The van der Waals surface area contributed by atoms with Crippen LogP contribution in [0.3, 0.4) is 0 Å². The summed E-state index contributed by atoms with van der Waals surface area (Å²) in [6.45, 7) is -0.0931. The van der Waals surface area contributed by atoms with Gasteiger partial charge in [-0.25, -0.2) is 0 Å². The van der Waals surface area contributed by atoms with Crippen molar-refractivity contribution in [3.8, 4) is 5.75 Å². The SMILES string of the molecule is O=C(COc1ccccc1)Nc1cccc(SCC(=O)Nc2cc(Cl)ccc2Cl)c1. The number of amides is 2. The van der Waals surface area contributed by atoms with E-state index in [0.29, 0.717) is 27.2 Å². The van der Waals surface area contributed by atoms with Gasteiger partial charge in [0.2, 0.25) is 5.91 Å². The normalized spacial score (nSPS) is 10.3. The van der Waals surface area contributed by atoms with Gasteiger partial charge in [-0.3, -0.25) is 9.59 Å². The second kappa shape index (κ2) is 10.9. The molecule has 0 radical (unpaired) electrons. The fraction of sp³-hybridized carbons (Fsp3) is 0.0909. The summed E-state index contributed by atoms with van der Waals surface area (Å²) in [5.74, 6) is 0.323. The molecule has 2 amide bonds. The highest BCUT2D eigenvalue weighted by molar-refractivity contribution is 8.00. The van der Waals surface area contributed by atoms with Crippen LogP contribution in [0.15, 0.2) is 77.7 Å². The van der Waals surface area contributed by atoms with Gasteiger partial charge in [0.25, 0.3) is 5.91 Å². The van der Waals surface area contributed by atoms with Crippen LogP contribution < -0.4 is 15.4 Å². The van der Waals surface area contributed by atoms with E-state index in [9.17, 15) is 9.59 Å². The Bertz CT molecular complexity index is 1030. The Labute approximate surface area is 188 Å². The first-order chi connectivity index (χ1) is 14.5. The minimum atomic E-state index is -0.269. The van der Waals surface area contributed by atoms with Crippen molar-refractivity contribution in [1.82, 2.24) is 0 Å². The maximum atomic E-state index is 12.2. The van der Waals surface area contributed by atoms with E-state index in [1.807, 2.05) is 30.3 Å². The quantitative estimate of drug-likeness (QED) is 0.420. The summed E-state index contributed by atoms with van der Waals surface area (Å²) >= 11 is 13.3. The highest BCUT2D eigenvalue weighted by atomic mass is 35.5. The van der Waals surface area contributed by atoms with E-state index in [0.717, 1.165) is 4.90 Å². The molecule has 3 aromatic rings. The molecule has 0 aliphatic rings. The van der Waals surface area contributed by atoms with Crippen LogP contribution >= 0.6 is 35.0 Å². The number of halogens is 2. The summed E-state index contributed by atoms with van der Waals surface area (Å²) in [4.78, 5) is 25.1. The van der Waals surface area contributed by atoms with E-state index in [1.165, 1.54) is 11.8 Å². The number of thioether (sulfide) groups is 1. The summed E-state index contributed by atoms with van der Waals surface area (Å²) in [6.07, 6.45) is 0. The van der Waals surface area contributed by atoms with Gasteiger partial charge in [-0.05, 0) is 48.5 Å². The highest BCUT2D eigenvalue weighted by Gasteiger charge is 2.09. The Hall–Kier alpha value is -2.67. The molecule has 154 valence electrons. The van der Waals surface area contributed by atoms with Crippen molar-refractivity contribution in [1.29, 1.82) is 0 Å². The second-order valence-corrected chi connectivity index (χ2v) is 8.03. The predicted octanol–water partition coefficient (Wildman–Crippen LogP) is 5.74. The van der Waals surface area contributed by atoms with E-state index in [1.54, 1.807) is 42.5 Å². The Morgan fingerprint density at radius 3 is 2.47 bits per heavy atom. The van der Waals surface area contributed by atoms with Gasteiger partial charge >= 0.3 is 0 Å². The van der Waals surface area contributed by atoms with Crippen molar-refractivity contribution in [3.63, 3.8) is 0 Å². The third-order valence-electron chi connectivity index (χ3n) is 3.80. The minimum Gasteiger partial charge on any atom is -0.484 e. The number of carbonyl (C=O) groups is 2. The molecule has 0 heterocycles. The fourth-order valence-corrected chi connectivity index (χ4v) is 3.55. The van der Waals surface area contributed by atoms with Crippen molar-refractivity contribution in [2.24, 2.45) is 0 Å². The summed E-state index contributed by atoms with van der Waals surface area (Å²) in [6, 6.07) is 21.2. The maximum Gasteiger partial charge on any atom is 0.262 e. The van der Waals surface area contributed by atoms with Gasteiger partial charge < -0.3 is 15.4 Å². The summed E-state index contributed by atoms with van der Waals surface area (Å²) < 4.78 is 5.43. The molecule has 0 unspecified atom stereocenters. The van der Waals surface area contributed by atoms with E-state index in [-0.39, 0.29) is 24.2 Å². The van der Waals surface area contributed by atoms with E-state index < -0.39 is 0 Å². The Balaban J connectivity index is 1.49. The average Bonchev–Trinajstić information content (AvgIpc) is 2.74. The molecule has 3 rings (SSSR count). The molecule has 3 aromatic carbocycles. The third kappa shape index (κ3) is 6.99. The molecular weight excluding hydrogens is 443 g/mol. The number of ether oxygens (including phenoxy) is 1. The number of nitrogens with one attached hydrogen (secondary N) is 2. The molecule has 0 aliphatic heterocycles. The lowest BCUT2D eigenvalue weighted by molar-refractivity contribution is -0.118. The van der Waals surface area contributed by atoms with Crippen LogP contribution in [0.2, 0.25) is 10.0 Å². The van der Waals surface area contributed by atoms with Crippen molar-refractivity contribution in [2.45, 2.75) is 4.90 Å². The van der Waals surface area contributed by atoms with Gasteiger partial charge in [-0.2, -0.15) is 0 Å². The lowest BCUT2D eigenvalue weighted by atomic mass is 10.3. The molecule has 2 N–H and O–H groups in total. The summed E-state index contributed by atoms with van der Waals surface area (Å²) in [7, 11) is 0. The average molecular weight is 461 g/mol. The van der Waals surface area contributed by atoms with Gasteiger partial charge in [0.05, 0.1) is 16.5 Å². The monoisotopic (exact) mass is 460 g/mol. The predicted molar refractivity (Wildman–Crippen MR) is 123 cm³/mol. The minimum absolute atomic E-state index is 0.0931. The Morgan fingerprint density at radius 2 is 1.67 bits per heavy atom. The number of hydrogen-bond donors (Lipinski definition) is 2. The number of anilines is 2. The number of carbonyl (C=O) groups excluding carboxylic acids is 2. The van der Waals surface area contributed by atoms with Crippen molar-refractivity contribution < 1.29 is 14.3 Å². The molecule has 30 heavy (non-hydrogen) atoms. The summed E-state index contributed by atoms with van der Waals surface area (Å²) in [5, 5.41) is 6.43. The van der Waals surface area contributed by atoms with Gasteiger partial charge in [-0.15, -0.1) is 11.8 Å². The zero-order valence-electron chi connectivity index (χ0n) is 15.7. The molecule has 0 aliphatic carbocycles. The number of hydrogen-bond acceptors (Lipinski definition) is 4. The smallest absolute Gasteiger partial charge is 0.262 e. The number of benzene rings is 3. The molecule has 0 atom stereocenters. The highest BCUT2D eigenvalue weighted by Crippen LogP contribution is 2.26. The topological polar surface area (TPSA) is 67.4 Å². The van der Waals surface area contributed by atoms with Gasteiger partial charge in [0.15, 0.2) is 6.61 Å². The van der Waals surface area contributed by atoms with Crippen LogP contribution in [0.25, 0.3) is 0 Å². The second-order valence-electron chi connectivity index (χ2n) is 6.14. The molecular formula is C22H18Cl2N2O3S. The lowest BCUT2D eigenvalue weighted by Gasteiger charge is -2.10. The van der Waals surface area contributed by atoms with Gasteiger partial charge in [0, 0.05) is 15.6 Å². The zero-order valence-corrected chi connectivity index (χ0v) is 18.1. The maximum absolute atomic E-state index is 12.2. The van der Waals surface area contributed by atoms with Crippen LogP contribution in [0.4, 0.5) is 11.4 Å². The number of para-hydroxylation sites is 1. The molecule has 0 aromatic heterocycles. The molecule has 0 fully saturated rings. The molecule has 8 heteroatoms. The number of rotatable bonds is 8. The molecule has 0 saturated heterocycles. The largest absolute Gasteiger partial charge is 0.484 e. The van der Waals surface area contributed by atoms with E-state index >= 15 is 0 Å². The molecule has 5 nitrogen and oxygen atoms in total. The summed E-state index contributed by atoms with van der Waals surface area (Å²) in [5.41, 5.74) is 1.09. The van der Waals surface area contributed by atoms with Crippen LogP contribution in [-0.2, 0) is 9.59 Å². The van der Waals surface area contributed by atoms with Crippen molar-refractivity contribution in [2.75, 3.05) is 23.0 Å². The van der Waals surface area contributed by atoms with Crippen molar-refractivity contribution >= 4 is 58.2 Å². The molecule has 0 saturated carbocycles. The molecule has 0 spiro atoms. The van der Waals surface area contributed by atoms with Crippen LogP contribution in [0.1, 0.15) is 0 Å². The zero-order chi connectivity index (χ0) is 21.3. The van der Waals surface area contributed by atoms with Crippen molar-refractivity contribution in [3.05, 3.63) is 82.8 Å². The van der Waals surface area contributed by atoms with E-state index in [2.05, 4.69) is 10.6 Å². The first-order valence-electron chi connectivity index (χ1n) is 8.95. The lowest BCUT2D eigenvalue weighted by Crippen LogP contribution is -2.20. The molecule has 0 bridgehead atoms. The van der Waals surface area contributed by atoms with Gasteiger partial charge in [-0.1, -0.05) is 47.5 Å². The first-order valence-corrected chi connectivity index (χ1v) is 10.7. The fourth-order valence-electron chi connectivity index (χ4n) is 2.45.